The highest BCUT2D eigenvalue weighted by Crippen LogP contribution is 2.24. The van der Waals surface area contributed by atoms with Gasteiger partial charge in [-0.05, 0) is 23.8 Å². The van der Waals surface area contributed by atoms with Gasteiger partial charge in [0.05, 0.1) is 18.6 Å². The normalized spacial score (nSPS) is 24.4. The number of fused-ring (bicyclic) bond motifs is 1. The summed E-state index contributed by atoms with van der Waals surface area (Å²) in [5.74, 6) is -0.187. The topological polar surface area (TPSA) is 81.7 Å². The molecule has 2 atom stereocenters. The Kier molecular flexibility index (Phi) is 3.19. The van der Waals surface area contributed by atoms with Crippen LogP contribution in [0.2, 0.25) is 0 Å². The van der Waals surface area contributed by atoms with E-state index in [4.69, 9.17) is 0 Å². The number of carbonyl (C=O) groups is 2. The van der Waals surface area contributed by atoms with E-state index in [2.05, 4.69) is 10.6 Å². The van der Waals surface area contributed by atoms with Crippen LogP contribution in [0.4, 0.5) is 5.69 Å². The number of amides is 2. The average molecular weight is 275 g/mol. The van der Waals surface area contributed by atoms with E-state index in [0.29, 0.717) is 25.1 Å². The summed E-state index contributed by atoms with van der Waals surface area (Å²) in [4.78, 5) is 25.3. The van der Waals surface area contributed by atoms with Crippen LogP contribution in [0, 0.1) is 0 Å². The predicted molar refractivity (Wildman–Crippen MR) is 73.5 cm³/mol. The number of nitrogens with one attached hydrogen (secondary N) is 2. The van der Waals surface area contributed by atoms with E-state index in [1.807, 2.05) is 0 Å². The molecule has 2 aliphatic rings. The first kappa shape index (κ1) is 13.1. The summed E-state index contributed by atoms with van der Waals surface area (Å²) < 4.78 is 0. The van der Waals surface area contributed by atoms with Gasteiger partial charge in [0.2, 0.25) is 5.91 Å². The second kappa shape index (κ2) is 4.88. The molecule has 3 N–H and O–H groups in total. The largest absolute Gasteiger partial charge is 0.390 e. The molecule has 6 nitrogen and oxygen atoms in total. The Bertz CT molecular complexity index is 573. The Hall–Kier alpha value is -1.92. The van der Waals surface area contributed by atoms with Gasteiger partial charge >= 0.3 is 0 Å². The maximum Gasteiger partial charge on any atom is 0.253 e. The lowest BCUT2D eigenvalue weighted by Gasteiger charge is -2.26. The zero-order valence-corrected chi connectivity index (χ0v) is 11.2. The van der Waals surface area contributed by atoms with E-state index in [9.17, 15) is 14.7 Å². The number of β-amino-alcohol motifs (C(OH)–C–C–N with tert-alkyl or cyclic N) is 1. The number of hydrogen-bond acceptors (Lipinski definition) is 4. The van der Waals surface area contributed by atoms with Crippen LogP contribution in [0.15, 0.2) is 18.2 Å². The molecular formula is C14H17N3O3. The predicted octanol–water partition coefficient (Wildman–Crippen LogP) is -0.414. The van der Waals surface area contributed by atoms with E-state index in [1.165, 1.54) is 0 Å². The number of anilines is 1. The molecule has 0 saturated carbocycles. The fourth-order valence-corrected chi connectivity index (χ4v) is 2.76. The molecule has 1 aromatic carbocycles. The zero-order chi connectivity index (χ0) is 14.3. The maximum absolute atomic E-state index is 12.4. The van der Waals surface area contributed by atoms with Gasteiger partial charge in [-0.2, -0.15) is 0 Å². The quantitative estimate of drug-likeness (QED) is 0.685. The third-order valence-corrected chi connectivity index (χ3v) is 3.95. The fraction of sp³-hybridized carbons (Fsp3) is 0.429. The van der Waals surface area contributed by atoms with Gasteiger partial charge in [-0.1, -0.05) is 0 Å². The van der Waals surface area contributed by atoms with Gasteiger partial charge in [0, 0.05) is 31.4 Å². The smallest absolute Gasteiger partial charge is 0.253 e. The van der Waals surface area contributed by atoms with Gasteiger partial charge in [0.25, 0.3) is 5.91 Å². The summed E-state index contributed by atoms with van der Waals surface area (Å²) in [7, 11) is 1.69. The lowest BCUT2D eigenvalue weighted by atomic mass is 10.1. The van der Waals surface area contributed by atoms with Crippen LogP contribution in [0.3, 0.4) is 0 Å². The number of likely N-dealkylation sites (N-methyl/N-ethyl adjacent to an activating group) is 1. The molecule has 20 heavy (non-hydrogen) atoms. The van der Waals surface area contributed by atoms with E-state index in [1.54, 1.807) is 30.1 Å². The molecule has 2 amide bonds. The molecule has 0 radical (unpaired) electrons. The van der Waals surface area contributed by atoms with Crippen molar-refractivity contribution in [1.82, 2.24) is 10.2 Å². The third kappa shape index (κ3) is 2.17. The monoisotopic (exact) mass is 275 g/mol. The highest BCUT2D eigenvalue weighted by molar-refractivity contribution is 6.01. The zero-order valence-electron chi connectivity index (χ0n) is 11.2. The van der Waals surface area contributed by atoms with Crippen LogP contribution in [0.1, 0.15) is 15.9 Å². The van der Waals surface area contributed by atoms with Crippen molar-refractivity contribution in [2.45, 2.75) is 18.6 Å². The minimum absolute atomic E-state index is 0.0478. The molecule has 0 bridgehead atoms. The van der Waals surface area contributed by atoms with Crippen LogP contribution in [0.5, 0.6) is 0 Å². The molecule has 3 rings (SSSR count). The van der Waals surface area contributed by atoms with Crippen molar-refractivity contribution in [2.75, 3.05) is 25.5 Å². The van der Waals surface area contributed by atoms with Crippen LogP contribution >= 0.6 is 0 Å². The molecule has 6 heteroatoms. The molecule has 106 valence electrons. The first-order valence-electron chi connectivity index (χ1n) is 6.65. The van der Waals surface area contributed by atoms with Crippen molar-refractivity contribution in [3.8, 4) is 0 Å². The van der Waals surface area contributed by atoms with Crippen molar-refractivity contribution >= 4 is 17.5 Å². The molecule has 2 aliphatic heterocycles. The second-order valence-electron chi connectivity index (χ2n) is 5.31. The van der Waals surface area contributed by atoms with E-state index in [0.717, 1.165) is 11.3 Å². The molecule has 0 unspecified atom stereocenters. The Morgan fingerprint density at radius 3 is 2.90 bits per heavy atom. The highest BCUT2D eigenvalue weighted by atomic mass is 16.3. The van der Waals surface area contributed by atoms with Gasteiger partial charge in [-0.3, -0.25) is 9.59 Å². The van der Waals surface area contributed by atoms with Gasteiger partial charge in [0.1, 0.15) is 0 Å². The Balaban J connectivity index is 1.81. The van der Waals surface area contributed by atoms with Crippen molar-refractivity contribution < 1.29 is 14.7 Å². The van der Waals surface area contributed by atoms with Gasteiger partial charge in [-0.15, -0.1) is 0 Å². The molecule has 1 fully saturated rings. The van der Waals surface area contributed by atoms with Crippen LogP contribution in [-0.4, -0.2) is 54.1 Å². The molecule has 0 spiro atoms. The van der Waals surface area contributed by atoms with E-state index in [-0.39, 0.29) is 17.9 Å². The standard InChI is InChI=1S/C14H17N3O3/c1-17(11-6-15-7-12(11)18)14(20)8-2-3-10-9(4-8)5-13(19)16-10/h2-4,11-12,15,18H,5-7H2,1H3,(H,16,19)/t11-,12-/m0/s1. The van der Waals surface area contributed by atoms with Crippen LogP contribution in [0.25, 0.3) is 0 Å². The molecule has 0 aliphatic carbocycles. The molecular weight excluding hydrogens is 258 g/mol. The average Bonchev–Trinajstić information content (AvgIpc) is 3.00. The fourth-order valence-electron chi connectivity index (χ4n) is 2.76. The Morgan fingerprint density at radius 2 is 2.20 bits per heavy atom. The van der Waals surface area contributed by atoms with E-state index >= 15 is 0 Å². The van der Waals surface area contributed by atoms with Crippen molar-refractivity contribution in [3.05, 3.63) is 29.3 Å². The number of benzene rings is 1. The SMILES string of the molecule is CN(C(=O)c1ccc2c(c1)CC(=O)N2)[C@H]1CNC[C@@H]1O. The Morgan fingerprint density at radius 1 is 1.40 bits per heavy atom. The number of hydrogen-bond donors (Lipinski definition) is 3. The number of aliphatic hydroxyl groups excluding tert-OH is 1. The van der Waals surface area contributed by atoms with Crippen LogP contribution in [-0.2, 0) is 11.2 Å². The second-order valence-corrected chi connectivity index (χ2v) is 5.31. The summed E-state index contributed by atoms with van der Waals surface area (Å²) in [6, 6.07) is 5.00. The summed E-state index contributed by atoms with van der Waals surface area (Å²) >= 11 is 0. The summed E-state index contributed by atoms with van der Waals surface area (Å²) in [6.07, 6.45) is -0.227. The minimum atomic E-state index is -0.540. The molecule has 2 heterocycles. The van der Waals surface area contributed by atoms with Gasteiger partial charge < -0.3 is 20.6 Å². The highest BCUT2D eigenvalue weighted by Gasteiger charge is 2.32. The van der Waals surface area contributed by atoms with Gasteiger partial charge in [-0.25, -0.2) is 0 Å². The summed E-state index contributed by atoms with van der Waals surface area (Å²) in [5, 5.41) is 15.6. The Labute approximate surface area is 116 Å². The minimum Gasteiger partial charge on any atom is -0.390 e. The third-order valence-electron chi connectivity index (χ3n) is 3.95. The maximum atomic E-state index is 12.4. The number of carbonyl (C=O) groups excluding carboxylic acids is 2. The lowest BCUT2D eigenvalue weighted by molar-refractivity contribution is -0.115. The molecule has 1 saturated heterocycles. The van der Waals surface area contributed by atoms with Crippen LogP contribution < -0.4 is 10.6 Å². The summed E-state index contributed by atoms with van der Waals surface area (Å²) in [6.45, 7) is 1.10. The van der Waals surface area contributed by atoms with Crippen molar-refractivity contribution in [2.24, 2.45) is 0 Å². The number of aliphatic hydroxyl groups is 1. The van der Waals surface area contributed by atoms with Crippen molar-refractivity contribution in [1.29, 1.82) is 0 Å². The summed E-state index contributed by atoms with van der Waals surface area (Å²) in [5.41, 5.74) is 2.16. The number of nitrogens with zero attached hydrogens (tertiary/aromatic N) is 1. The van der Waals surface area contributed by atoms with Gasteiger partial charge in [0.15, 0.2) is 0 Å². The van der Waals surface area contributed by atoms with Crippen molar-refractivity contribution in [3.63, 3.8) is 0 Å². The first-order chi connectivity index (χ1) is 9.56. The number of rotatable bonds is 2. The molecule has 1 aromatic rings. The first-order valence-corrected chi connectivity index (χ1v) is 6.65. The lowest BCUT2D eigenvalue weighted by Crippen LogP contribution is -2.44. The molecule has 0 aromatic heterocycles. The van der Waals surface area contributed by atoms with E-state index < -0.39 is 6.10 Å².